The third-order valence-electron chi connectivity index (χ3n) is 10.5. The number of hydrogen-bond donors (Lipinski definition) is 4. The van der Waals surface area contributed by atoms with Gasteiger partial charge < -0.3 is 30.8 Å². The smallest absolute Gasteiger partial charge is 0.870 e. The van der Waals surface area contributed by atoms with Gasteiger partial charge in [-0.25, -0.2) is 16.8 Å². The van der Waals surface area contributed by atoms with Gasteiger partial charge in [0, 0.05) is 21.5 Å². The van der Waals surface area contributed by atoms with Crippen molar-refractivity contribution in [1.82, 2.24) is 0 Å². The molecule has 8 aromatic rings. The Morgan fingerprint density at radius 2 is 0.625 bits per heavy atom. The molecule has 0 unspecified atom stereocenters. The minimum Gasteiger partial charge on any atom is -0.870 e. The first-order valence-electron chi connectivity index (χ1n) is 19.1. The van der Waals surface area contributed by atoms with Crippen LogP contribution in [-0.2, 0) is 40.5 Å². The van der Waals surface area contributed by atoms with Crippen molar-refractivity contribution in [2.75, 3.05) is 11.5 Å². The van der Waals surface area contributed by atoms with Gasteiger partial charge in [-0.3, -0.25) is 9.11 Å². The fourth-order valence-corrected chi connectivity index (χ4v) is 10.1. The van der Waals surface area contributed by atoms with Gasteiger partial charge in [0.05, 0.1) is 43.9 Å². The number of nitrogens with zero attached hydrogens (tertiary/aromatic N) is 4. The molecule has 0 heterocycles. The summed E-state index contributed by atoms with van der Waals surface area (Å²) in [5.41, 5.74) is 15.3. The molecule has 0 bridgehead atoms. The molecule has 8 aromatic carbocycles. The molecule has 0 radical (unpaired) electrons. The Hall–Kier alpha value is -3.68. The zero-order valence-electron chi connectivity index (χ0n) is 38.1. The van der Waals surface area contributed by atoms with E-state index in [4.69, 9.17) is 11.5 Å². The molecule has 0 atom stereocenters. The van der Waals surface area contributed by atoms with E-state index in [1.165, 1.54) is 0 Å². The van der Waals surface area contributed by atoms with Gasteiger partial charge in [0.2, 0.25) is 0 Å². The normalized spacial score (nSPS) is 12.0. The van der Waals surface area contributed by atoms with Crippen LogP contribution in [0.25, 0.3) is 54.9 Å². The van der Waals surface area contributed by atoms with Crippen molar-refractivity contribution >= 4 is 96.1 Å². The molecule has 0 aliphatic heterocycles. The summed E-state index contributed by atoms with van der Waals surface area (Å²) in [6, 6.07) is 34.1. The van der Waals surface area contributed by atoms with E-state index in [2.05, 4.69) is 20.5 Å². The second-order valence-corrected chi connectivity index (χ2v) is 20.2. The molecule has 0 amide bonds. The molecule has 0 saturated heterocycles. The summed E-state index contributed by atoms with van der Waals surface area (Å²) in [7, 11) is -20.9. The van der Waals surface area contributed by atoms with Crippen LogP contribution in [0.15, 0.2) is 173 Å². The van der Waals surface area contributed by atoms with Crippen molar-refractivity contribution in [3.63, 3.8) is 0 Å². The summed E-state index contributed by atoms with van der Waals surface area (Å²) in [4.78, 5) is -4.37. The van der Waals surface area contributed by atoms with Crippen LogP contribution in [-0.4, -0.2) is 51.9 Å². The maximum atomic E-state index is 13.3. The van der Waals surface area contributed by atoms with E-state index < -0.39 is 104 Å². The van der Waals surface area contributed by atoms with Crippen LogP contribution >= 0.6 is 0 Å². The van der Waals surface area contributed by atoms with Gasteiger partial charge in [-0.1, -0.05) is 96.4 Å². The second-order valence-electron chi connectivity index (χ2n) is 14.8. The van der Waals surface area contributed by atoms with E-state index in [0.29, 0.717) is 23.5 Å². The molecule has 72 heavy (non-hydrogen) atoms. The summed E-state index contributed by atoms with van der Waals surface area (Å²) in [6.07, 6.45) is 0. The Bertz CT molecular complexity index is 3670. The number of benzene rings is 8. The molecule has 6 N–H and O–H groups in total. The predicted molar refractivity (Wildman–Crippen MR) is 242 cm³/mol. The molecular formula is C44H28N6Na4O14S4. The van der Waals surface area contributed by atoms with E-state index in [1.807, 2.05) is 48.5 Å². The number of rotatable bonds is 11. The van der Waals surface area contributed by atoms with E-state index in [0.717, 1.165) is 57.6 Å². The van der Waals surface area contributed by atoms with Crippen LogP contribution < -0.4 is 140 Å². The number of fused-ring (bicyclic) bond motifs is 2. The van der Waals surface area contributed by atoms with Crippen LogP contribution in [0.5, 0.6) is 11.5 Å². The zero-order chi connectivity index (χ0) is 49.1. The summed E-state index contributed by atoms with van der Waals surface area (Å²) >= 11 is 0. The Kier molecular flexibility index (Phi) is 19.8. The first-order valence-corrected chi connectivity index (χ1v) is 24.8. The SMILES string of the molecule is Nc1c(S(=O)(=O)O)cc(S(=O)(=O)[O-])c2ccc(N=Nc3ccc(-c4ccc(-c5ccc(-c6ccc(N=Nc7ccc8c(S(=O)(=O)[O-])cc(S(=O)(=O)O)c(N)c8c7[O-])cc6)cc5)cc4)cc3)c([O-])c12.[Na+].[Na+].[Na+].[Na+]. The molecule has 0 saturated carbocycles. The maximum Gasteiger partial charge on any atom is 1.00 e. The average molecular weight is 1080 g/mol. The van der Waals surface area contributed by atoms with Crippen LogP contribution in [0.4, 0.5) is 34.1 Å². The fraction of sp³-hybridized carbons (Fsp3) is 0. The van der Waals surface area contributed by atoms with Crippen molar-refractivity contribution in [1.29, 1.82) is 0 Å². The third kappa shape index (κ3) is 12.9. The van der Waals surface area contributed by atoms with Gasteiger partial charge in [0.15, 0.2) is 0 Å². The van der Waals surface area contributed by atoms with Crippen LogP contribution in [0.2, 0.25) is 0 Å². The predicted octanol–water partition coefficient (Wildman–Crippen LogP) is -4.55. The van der Waals surface area contributed by atoms with E-state index in [1.54, 1.807) is 48.5 Å². The first kappa shape index (κ1) is 60.9. The zero-order valence-corrected chi connectivity index (χ0v) is 49.3. The van der Waals surface area contributed by atoms with Gasteiger partial charge in [-0.05, 0) is 81.9 Å². The minimum atomic E-state index is -5.30. The van der Waals surface area contributed by atoms with Gasteiger partial charge in [-0.15, -0.1) is 0 Å². The Morgan fingerprint density at radius 3 is 0.861 bits per heavy atom. The molecule has 8 rings (SSSR count). The monoisotopic (exact) mass is 1080 g/mol. The molecular weight excluding hydrogens is 1060 g/mol. The Balaban J connectivity index is 0.00000281. The number of hydrogen-bond acceptors (Lipinski definition) is 18. The molecule has 0 aliphatic carbocycles. The largest absolute Gasteiger partial charge is 1.00 e. The van der Waals surface area contributed by atoms with Crippen molar-refractivity contribution in [2.45, 2.75) is 19.6 Å². The summed E-state index contributed by atoms with van der Waals surface area (Å²) < 4.78 is 138. The molecule has 0 aliphatic rings. The first-order chi connectivity index (χ1) is 31.9. The second kappa shape index (κ2) is 23.5. The van der Waals surface area contributed by atoms with E-state index >= 15 is 0 Å². The van der Waals surface area contributed by atoms with Crippen LogP contribution in [0, 0.1) is 0 Å². The molecule has 0 fully saturated rings. The van der Waals surface area contributed by atoms with Crippen molar-refractivity contribution in [3.8, 4) is 44.9 Å². The van der Waals surface area contributed by atoms with Gasteiger partial charge in [-0.2, -0.15) is 37.3 Å². The topological polar surface area (TPSA) is 371 Å². The standard InChI is InChI=1S/C44H32N6O14S4.4Na/c45-41-37(67(59,60)61)21-35(65(53,54)55)31-17-19-33(43(51)39(31)41)49-47-29-13-9-27(10-14-29)25-5-1-23(2-6-25)24-3-7-26(8-4-24)28-11-15-30(16-12-28)48-50-34-20-18-32-36(66(56,57)58)22-38(68(62,63)64)42(46)40(32)44(34)52;;;;/h1-22,51-52H,45-46H2,(H,53,54,55)(H,56,57,58)(H,59,60,61)(H,62,63,64);;;;/q;4*+1/p-4. The number of nitrogens with two attached hydrogens (primary N) is 2. The van der Waals surface area contributed by atoms with Crippen molar-refractivity contribution in [3.05, 3.63) is 133 Å². The van der Waals surface area contributed by atoms with E-state index in [-0.39, 0.29) is 130 Å². The molecule has 20 nitrogen and oxygen atoms in total. The van der Waals surface area contributed by atoms with Crippen LogP contribution in [0.1, 0.15) is 0 Å². The molecule has 346 valence electrons. The summed E-state index contributed by atoms with van der Waals surface area (Å²) in [5.74, 6) is -2.05. The minimum absolute atomic E-state index is 0. The molecule has 0 aromatic heterocycles. The van der Waals surface area contributed by atoms with Gasteiger partial charge in [0.1, 0.15) is 30.0 Å². The Labute approximate surface area is 499 Å². The molecule has 28 heteroatoms. The third-order valence-corrected chi connectivity index (χ3v) is 14.1. The molecule has 0 spiro atoms. The average Bonchev–Trinajstić information content (AvgIpc) is 3.27. The Morgan fingerprint density at radius 1 is 0.375 bits per heavy atom. The number of azo groups is 2. The number of nitrogen functional groups attached to an aromatic ring is 2. The maximum absolute atomic E-state index is 13.3. The van der Waals surface area contributed by atoms with Gasteiger partial charge >= 0.3 is 118 Å². The van der Waals surface area contributed by atoms with Crippen LogP contribution in [0.3, 0.4) is 0 Å². The quantitative estimate of drug-likeness (QED) is 0.0410. The van der Waals surface area contributed by atoms with Gasteiger partial charge in [0.25, 0.3) is 20.2 Å². The van der Waals surface area contributed by atoms with Crippen molar-refractivity contribution < 1.29 is 180 Å². The summed E-state index contributed by atoms with van der Waals surface area (Å²) in [5, 5.41) is 40.4. The van der Waals surface area contributed by atoms with E-state index in [9.17, 15) is 62.1 Å². The fourth-order valence-electron chi connectivity index (χ4n) is 7.26. The summed E-state index contributed by atoms with van der Waals surface area (Å²) in [6.45, 7) is 0. The van der Waals surface area contributed by atoms with Crippen molar-refractivity contribution in [2.24, 2.45) is 20.5 Å². The number of anilines is 2.